The van der Waals surface area contributed by atoms with Crippen LogP contribution in [0.15, 0.2) is 33.5 Å². The predicted molar refractivity (Wildman–Crippen MR) is 50.9 cm³/mol. The Balaban J connectivity index is 1.99. The molecule has 0 aliphatic heterocycles. The molecule has 2 aromatic rings. The smallest absolute Gasteiger partial charge is 0.392 e. The normalized spacial score (nSPS) is 10.5. The van der Waals surface area contributed by atoms with Gasteiger partial charge in [-0.05, 0) is 24.1 Å². The van der Waals surface area contributed by atoms with Gasteiger partial charge >= 0.3 is 5.76 Å². The van der Waals surface area contributed by atoms with E-state index in [1.807, 2.05) is 0 Å². The summed E-state index contributed by atoms with van der Waals surface area (Å²) in [6, 6.07) is 6.19. The topological polar surface area (TPSA) is 58.9 Å². The van der Waals surface area contributed by atoms with Crippen molar-refractivity contribution in [2.24, 2.45) is 0 Å². The van der Waals surface area contributed by atoms with Crippen LogP contribution in [0.1, 0.15) is 11.5 Å². The summed E-state index contributed by atoms with van der Waals surface area (Å²) >= 11 is 0. The molecule has 1 N–H and O–H groups in total. The number of aromatic nitrogens is 2. The van der Waals surface area contributed by atoms with Crippen molar-refractivity contribution in [2.45, 2.75) is 12.8 Å². The number of rotatable bonds is 3. The van der Waals surface area contributed by atoms with Crippen molar-refractivity contribution in [3.63, 3.8) is 0 Å². The summed E-state index contributed by atoms with van der Waals surface area (Å²) in [7, 11) is 0. The number of aryl methyl sites for hydroxylation is 2. The van der Waals surface area contributed by atoms with Crippen LogP contribution >= 0.6 is 0 Å². The molecule has 5 heteroatoms. The molecule has 1 aromatic carbocycles. The Bertz CT molecular complexity index is 487. The lowest BCUT2D eigenvalue weighted by Gasteiger charge is -1.97. The molecule has 0 atom stereocenters. The number of benzene rings is 1. The van der Waals surface area contributed by atoms with E-state index in [4.69, 9.17) is 4.42 Å². The second-order valence-electron chi connectivity index (χ2n) is 3.13. The first-order chi connectivity index (χ1) is 7.24. The number of aromatic amines is 1. The Morgan fingerprint density at radius 3 is 2.60 bits per heavy atom. The highest BCUT2D eigenvalue weighted by Crippen LogP contribution is 2.05. The monoisotopic (exact) mass is 208 g/mol. The molecule has 0 fully saturated rings. The largest absolute Gasteiger partial charge is 0.434 e. The van der Waals surface area contributed by atoms with Crippen LogP contribution in [0.5, 0.6) is 0 Å². The number of H-pyrrole nitrogens is 1. The quantitative estimate of drug-likeness (QED) is 0.826. The van der Waals surface area contributed by atoms with Gasteiger partial charge in [-0.15, -0.1) is 5.10 Å². The van der Waals surface area contributed by atoms with Crippen molar-refractivity contribution < 1.29 is 8.81 Å². The minimum absolute atomic E-state index is 0.259. The van der Waals surface area contributed by atoms with E-state index in [-0.39, 0.29) is 5.82 Å². The second kappa shape index (κ2) is 4.08. The summed E-state index contributed by atoms with van der Waals surface area (Å²) < 4.78 is 17.3. The maximum atomic E-state index is 12.6. The molecule has 0 aliphatic carbocycles. The van der Waals surface area contributed by atoms with Crippen molar-refractivity contribution in [3.8, 4) is 0 Å². The van der Waals surface area contributed by atoms with Crippen LogP contribution in [0.4, 0.5) is 4.39 Å². The van der Waals surface area contributed by atoms with Crippen LogP contribution in [0.2, 0.25) is 0 Å². The molecule has 0 bridgehead atoms. The fourth-order valence-electron chi connectivity index (χ4n) is 1.27. The average molecular weight is 208 g/mol. The van der Waals surface area contributed by atoms with Gasteiger partial charge in [-0.1, -0.05) is 12.1 Å². The lowest BCUT2D eigenvalue weighted by atomic mass is 10.1. The van der Waals surface area contributed by atoms with Crippen LogP contribution in [-0.4, -0.2) is 10.2 Å². The minimum Gasteiger partial charge on any atom is -0.392 e. The first kappa shape index (κ1) is 9.64. The standard InChI is InChI=1S/C10H9FN2O2/c11-8-4-1-7(2-5-8)3-6-9-12-13-10(14)15-9/h1-2,4-5H,3,6H2,(H,13,14). The molecule has 0 radical (unpaired) electrons. The van der Waals surface area contributed by atoms with Gasteiger partial charge < -0.3 is 4.42 Å². The molecule has 0 saturated carbocycles. The Labute approximate surface area is 84.7 Å². The van der Waals surface area contributed by atoms with E-state index < -0.39 is 5.76 Å². The van der Waals surface area contributed by atoms with Gasteiger partial charge in [-0.3, -0.25) is 0 Å². The summed E-state index contributed by atoms with van der Waals surface area (Å²) in [5, 5.41) is 5.85. The maximum Gasteiger partial charge on any atom is 0.434 e. The van der Waals surface area contributed by atoms with Crippen LogP contribution in [0.3, 0.4) is 0 Å². The van der Waals surface area contributed by atoms with Crippen molar-refractivity contribution in [1.82, 2.24) is 10.2 Å². The van der Waals surface area contributed by atoms with Crippen LogP contribution in [0, 0.1) is 5.82 Å². The highest BCUT2D eigenvalue weighted by atomic mass is 19.1. The zero-order valence-electron chi connectivity index (χ0n) is 7.87. The summed E-state index contributed by atoms with van der Waals surface area (Å²) in [5.41, 5.74) is 0.974. The Hall–Kier alpha value is -1.91. The summed E-state index contributed by atoms with van der Waals surface area (Å²) in [5.74, 6) is -0.446. The van der Waals surface area contributed by atoms with Gasteiger partial charge in [0.25, 0.3) is 0 Å². The molecular weight excluding hydrogens is 199 g/mol. The molecule has 0 spiro atoms. The van der Waals surface area contributed by atoms with Gasteiger partial charge in [-0.2, -0.15) is 0 Å². The first-order valence-electron chi connectivity index (χ1n) is 4.53. The number of hydrogen-bond acceptors (Lipinski definition) is 3. The third kappa shape index (κ3) is 2.52. The fraction of sp³-hybridized carbons (Fsp3) is 0.200. The van der Waals surface area contributed by atoms with Crippen LogP contribution in [-0.2, 0) is 12.8 Å². The van der Waals surface area contributed by atoms with Gasteiger partial charge in [0.15, 0.2) is 0 Å². The molecule has 78 valence electrons. The molecule has 15 heavy (non-hydrogen) atoms. The molecule has 0 aliphatic rings. The highest BCUT2D eigenvalue weighted by molar-refractivity contribution is 5.16. The number of hydrogen-bond donors (Lipinski definition) is 1. The Kier molecular flexibility index (Phi) is 2.62. The van der Waals surface area contributed by atoms with E-state index in [0.717, 1.165) is 5.56 Å². The lowest BCUT2D eigenvalue weighted by molar-refractivity contribution is 0.461. The van der Waals surface area contributed by atoms with Crippen molar-refractivity contribution in [2.75, 3.05) is 0 Å². The summed E-state index contributed by atoms with van der Waals surface area (Å²) in [6.07, 6.45) is 1.18. The lowest BCUT2D eigenvalue weighted by Crippen LogP contribution is -1.94. The third-order valence-electron chi connectivity index (χ3n) is 2.02. The maximum absolute atomic E-state index is 12.6. The molecule has 2 rings (SSSR count). The molecular formula is C10H9FN2O2. The SMILES string of the molecule is O=c1[nH]nc(CCc2ccc(F)cc2)o1. The summed E-state index contributed by atoms with van der Waals surface area (Å²) in [6.45, 7) is 0. The van der Waals surface area contributed by atoms with Crippen LogP contribution in [0.25, 0.3) is 0 Å². The zero-order valence-corrected chi connectivity index (χ0v) is 7.87. The average Bonchev–Trinajstić information content (AvgIpc) is 2.64. The van der Waals surface area contributed by atoms with Gasteiger partial charge in [0.2, 0.25) is 5.89 Å². The molecule has 1 aromatic heterocycles. The Morgan fingerprint density at radius 2 is 2.00 bits per heavy atom. The van der Waals surface area contributed by atoms with E-state index in [1.165, 1.54) is 12.1 Å². The van der Waals surface area contributed by atoms with Gasteiger partial charge in [-0.25, -0.2) is 14.3 Å². The van der Waals surface area contributed by atoms with E-state index in [1.54, 1.807) is 12.1 Å². The van der Waals surface area contributed by atoms with Gasteiger partial charge in [0.05, 0.1) is 0 Å². The third-order valence-corrected chi connectivity index (χ3v) is 2.02. The van der Waals surface area contributed by atoms with E-state index >= 15 is 0 Å². The second-order valence-corrected chi connectivity index (χ2v) is 3.13. The van der Waals surface area contributed by atoms with Gasteiger partial charge in [0.1, 0.15) is 5.82 Å². The fourth-order valence-corrected chi connectivity index (χ4v) is 1.27. The molecule has 1 heterocycles. The molecule has 0 saturated heterocycles. The molecule has 0 amide bonds. The van der Waals surface area contributed by atoms with Crippen molar-refractivity contribution in [1.29, 1.82) is 0 Å². The molecule has 0 unspecified atom stereocenters. The number of halogens is 1. The number of nitrogens with zero attached hydrogens (tertiary/aromatic N) is 1. The van der Waals surface area contributed by atoms with Crippen molar-refractivity contribution in [3.05, 3.63) is 52.1 Å². The van der Waals surface area contributed by atoms with E-state index in [0.29, 0.717) is 18.7 Å². The molecule has 4 nitrogen and oxygen atoms in total. The van der Waals surface area contributed by atoms with Gasteiger partial charge in [0, 0.05) is 6.42 Å². The number of nitrogens with one attached hydrogen (secondary N) is 1. The zero-order chi connectivity index (χ0) is 10.7. The highest BCUT2D eigenvalue weighted by Gasteiger charge is 2.01. The van der Waals surface area contributed by atoms with Crippen LogP contribution < -0.4 is 5.76 Å². The predicted octanol–water partition coefficient (Wildman–Crippen LogP) is 1.29. The van der Waals surface area contributed by atoms with E-state index in [9.17, 15) is 9.18 Å². The minimum atomic E-state index is -0.552. The Morgan fingerprint density at radius 1 is 1.27 bits per heavy atom. The van der Waals surface area contributed by atoms with E-state index in [2.05, 4.69) is 10.2 Å². The van der Waals surface area contributed by atoms with Crippen molar-refractivity contribution >= 4 is 0 Å². The summed E-state index contributed by atoms with van der Waals surface area (Å²) in [4.78, 5) is 10.6. The first-order valence-corrected chi connectivity index (χ1v) is 4.53.